The molecule has 2 aromatic heterocycles. The predicted molar refractivity (Wildman–Crippen MR) is 155 cm³/mol. The van der Waals surface area contributed by atoms with E-state index in [1.165, 1.54) is 29.8 Å². The van der Waals surface area contributed by atoms with Gasteiger partial charge in [0.15, 0.2) is 5.65 Å². The van der Waals surface area contributed by atoms with Gasteiger partial charge in [-0.1, -0.05) is 66.7 Å². The highest BCUT2D eigenvalue weighted by atomic mass is 15.3. The van der Waals surface area contributed by atoms with Crippen LogP contribution in [0.2, 0.25) is 0 Å². The van der Waals surface area contributed by atoms with Gasteiger partial charge in [0, 0.05) is 36.8 Å². The average molecular weight is 502 g/mol. The van der Waals surface area contributed by atoms with Crippen LogP contribution in [0.25, 0.3) is 33.4 Å². The number of likely N-dealkylation sites (tertiary alicyclic amines) is 1. The highest BCUT2D eigenvalue weighted by Gasteiger charge is 2.29. The fourth-order valence-electron chi connectivity index (χ4n) is 5.89. The molecule has 0 radical (unpaired) electrons. The van der Waals surface area contributed by atoms with Gasteiger partial charge in [0.25, 0.3) is 0 Å². The van der Waals surface area contributed by atoms with Crippen molar-refractivity contribution in [2.45, 2.75) is 25.4 Å². The molecule has 0 bridgehead atoms. The quantitative estimate of drug-likeness (QED) is 0.285. The standard InChI is InChI=1S/C31H31N7/c32-30-26-18-25(22-6-2-1-3-7-22)29(34-31(26)36-35-30)23-12-10-21(11-13-23)19-37-16-14-24(15-17-37)38-20-33-27-8-4-5-9-28(27)38/h1-13,18,24,33H,14-17,19-20H2,(H3,32,34,35,36). The Kier molecular flexibility index (Phi) is 5.70. The number of H-pyrrole nitrogens is 1. The van der Waals surface area contributed by atoms with E-state index in [-0.39, 0.29) is 0 Å². The molecule has 0 spiro atoms. The van der Waals surface area contributed by atoms with Gasteiger partial charge in [-0.05, 0) is 42.2 Å². The van der Waals surface area contributed by atoms with Gasteiger partial charge in [-0.2, -0.15) is 5.10 Å². The number of aromatic nitrogens is 3. The number of para-hydroxylation sites is 2. The van der Waals surface area contributed by atoms with Gasteiger partial charge in [0.05, 0.1) is 29.1 Å². The van der Waals surface area contributed by atoms with Crippen molar-refractivity contribution in [2.24, 2.45) is 0 Å². The molecule has 4 heterocycles. The largest absolute Gasteiger partial charge is 0.384 e. The molecule has 0 amide bonds. The number of nitrogens with two attached hydrogens (primary N) is 1. The molecule has 7 nitrogen and oxygen atoms in total. The van der Waals surface area contributed by atoms with Crippen molar-refractivity contribution in [3.05, 3.63) is 90.5 Å². The molecule has 1 saturated heterocycles. The van der Waals surface area contributed by atoms with Crippen molar-refractivity contribution in [2.75, 3.05) is 35.7 Å². The number of anilines is 3. The Hall–Kier alpha value is -4.36. The second kappa shape index (κ2) is 9.50. The fourth-order valence-corrected chi connectivity index (χ4v) is 5.89. The minimum atomic E-state index is 0.542. The molecule has 7 heteroatoms. The van der Waals surface area contributed by atoms with E-state index in [1.54, 1.807) is 0 Å². The number of piperidine rings is 1. The van der Waals surface area contributed by atoms with Crippen LogP contribution in [0.5, 0.6) is 0 Å². The van der Waals surface area contributed by atoms with Crippen LogP contribution in [-0.2, 0) is 6.54 Å². The SMILES string of the molecule is Nc1[nH]nc2nc(-c3ccc(CN4CCC(N5CNc6ccccc65)CC4)cc3)c(-c3ccccc3)cc12. The number of nitrogen functional groups attached to an aromatic ring is 1. The monoisotopic (exact) mass is 501 g/mol. The number of hydrogen-bond donors (Lipinski definition) is 3. The highest BCUT2D eigenvalue weighted by molar-refractivity contribution is 5.94. The molecule has 0 saturated carbocycles. The third kappa shape index (κ3) is 4.15. The van der Waals surface area contributed by atoms with E-state index in [0.29, 0.717) is 17.5 Å². The number of aromatic amines is 1. The summed E-state index contributed by atoms with van der Waals surface area (Å²) in [6.45, 7) is 4.11. The number of hydrogen-bond acceptors (Lipinski definition) is 6. The van der Waals surface area contributed by atoms with Crippen LogP contribution in [0.1, 0.15) is 18.4 Å². The van der Waals surface area contributed by atoms with E-state index < -0.39 is 0 Å². The van der Waals surface area contributed by atoms with Crippen molar-refractivity contribution in [3.8, 4) is 22.4 Å². The van der Waals surface area contributed by atoms with E-state index in [1.807, 2.05) is 18.2 Å². The molecule has 7 rings (SSSR count). The first-order chi connectivity index (χ1) is 18.7. The summed E-state index contributed by atoms with van der Waals surface area (Å²) >= 11 is 0. The number of fused-ring (bicyclic) bond motifs is 2. The van der Waals surface area contributed by atoms with Crippen molar-refractivity contribution in [1.29, 1.82) is 0 Å². The Morgan fingerprint density at radius 2 is 1.63 bits per heavy atom. The van der Waals surface area contributed by atoms with Crippen molar-refractivity contribution >= 4 is 28.2 Å². The summed E-state index contributed by atoms with van der Waals surface area (Å²) in [5.74, 6) is 0.542. The van der Waals surface area contributed by atoms with Gasteiger partial charge in [-0.3, -0.25) is 10.00 Å². The average Bonchev–Trinajstić information content (AvgIpc) is 3.57. The summed E-state index contributed by atoms with van der Waals surface area (Å²) in [7, 11) is 0. The first kappa shape index (κ1) is 22.8. The van der Waals surface area contributed by atoms with E-state index >= 15 is 0 Å². The van der Waals surface area contributed by atoms with Crippen molar-refractivity contribution in [3.63, 3.8) is 0 Å². The van der Waals surface area contributed by atoms with E-state index in [0.717, 1.165) is 54.1 Å². The maximum Gasteiger partial charge on any atom is 0.183 e. The lowest BCUT2D eigenvalue weighted by Gasteiger charge is -2.37. The van der Waals surface area contributed by atoms with Gasteiger partial charge in [-0.25, -0.2) is 4.98 Å². The zero-order valence-corrected chi connectivity index (χ0v) is 21.3. The van der Waals surface area contributed by atoms with Crippen LogP contribution >= 0.6 is 0 Å². The van der Waals surface area contributed by atoms with Gasteiger partial charge in [0.2, 0.25) is 0 Å². The van der Waals surface area contributed by atoms with Crippen molar-refractivity contribution < 1.29 is 0 Å². The Bertz CT molecular complexity index is 1570. The molecule has 1 fully saturated rings. The van der Waals surface area contributed by atoms with E-state index in [2.05, 4.69) is 92.0 Å². The van der Waals surface area contributed by atoms with Crippen LogP contribution in [0.15, 0.2) is 84.9 Å². The molecular weight excluding hydrogens is 470 g/mol. The molecule has 4 N–H and O–H groups in total. The van der Waals surface area contributed by atoms with Crippen molar-refractivity contribution in [1.82, 2.24) is 20.1 Å². The van der Waals surface area contributed by atoms with Crippen LogP contribution in [0.3, 0.4) is 0 Å². The lowest BCUT2D eigenvalue weighted by molar-refractivity contribution is 0.202. The summed E-state index contributed by atoms with van der Waals surface area (Å²) in [4.78, 5) is 10.0. The Morgan fingerprint density at radius 1 is 0.868 bits per heavy atom. The maximum absolute atomic E-state index is 6.12. The fraction of sp³-hybridized carbons (Fsp3) is 0.226. The van der Waals surface area contributed by atoms with Crippen LogP contribution < -0.4 is 16.0 Å². The third-order valence-corrected chi connectivity index (χ3v) is 7.94. The molecule has 2 aliphatic rings. The van der Waals surface area contributed by atoms with Gasteiger partial charge in [0.1, 0.15) is 5.82 Å². The maximum atomic E-state index is 6.12. The zero-order chi connectivity index (χ0) is 25.5. The minimum absolute atomic E-state index is 0.542. The number of rotatable bonds is 5. The number of pyridine rings is 1. The number of nitrogens with one attached hydrogen (secondary N) is 2. The van der Waals surface area contributed by atoms with Gasteiger partial charge < -0.3 is 16.0 Å². The molecule has 2 aliphatic heterocycles. The molecule has 190 valence electrons. The third-order valence-electron chi connectivity index (χ3n) is 7.94. The Labute approximate surface area is 222 Å². The molecule has 0 unspecified atom stereocenters. The Morgan fingerprint density at radius 3 is 2.45 bits per heavy atom. The minimum Gasteiger partial charge on any atom is -0.384 e. The summed E-state index contributed by atoms with van der Waals surface area (Å²) in [6.07, 6.45) is 2.37. The molecule has 3 aromatic carbocycles. The predicted octanol–water partition coefficient (Wildman–Crippen LogP) is 5.73. The topological polar surface area (TPSA) is 86.1 Å². The van der Waals surface area contributed by atoms with E-state index in [9.17, 15) is 0 Å². The first-order valence-corrected chi connectivity index (χ1v) is 13.3. The molecule has 0 aliphatic carbocycles. The van der Waals surface area contributed by atoms with Gasteiger partial charge >= 0.3 is 0 Å². The molecule has 5 aromatic rings. The number of benzene rings is 3. The molecular formula is C31H31N7. The van der Waals surface area contributed by atoms with Crippen LogP contribution in [0, 0.1) is 0 Å². The zero-order valence-electron chi connectivity index (χ0n) is 21.3. The van der Waals surface area contributed by atoms with Gasteiger partial charge in [-0.15, -0.1) is 0 Å². The highest BCUT2D eigenvalue weighted by Crippen LogP contribution is 2.36. The summed E-state index contributed by atoms with van der Waals surface area (Å²) in [6, 6.07) is 30.5. The normalized spacial score (nSPS) is 16.1. The molecule has 0 atom stereocenters. The van der Waals surface area contributed by atoms with Crippen LogP contribution in [0.4, 0.5) is 17.2 Å². The lowest BCUT2D eigenvalue weighted by Crippen LogP contribution is -2.44. The summed E-state index contributed by atoms with van der Waals surface area (Å²) in [5.41, 5.74) is 14.9. The van der Waals surface area contributed by atoms with Crippen LogP contribution in [-0.4, -0.2) is 45.9 Å². The summed E-state index contributed by atoms with van der Waals surface area (Å²) < 4.78 is 0. The first-order valence-electron chi connectivity index (χ1n) is 13.3. The smallest absolute Gasteiger partial charge is 0.183 e. The number of nitrogens with zero attached hydrogens (tertiary/aromatic N) is 4. The second-order valence-corrected chi connectivity index (χ2v) is 10.3. The molecule has 38 heavy (non-hydrogen) atoms. The summed E-state index contributed by atoms with van der Waals surface area (Å²) in [5, 5.41) is 11.6. The van der Waals surface area contributed by atoms with E-state index in [4.69, 9.17) is 10.7 Å². The lowest BCUT2D eigenvalue weighted by atomic mass is 9.97. The Balaban J connectivity index is 1.07. The second-order valence-electron chi connectivity index (χ2n) is 10.3.